The van der Waals surface area contributed by atoms with Crippen molar-refractivity contribution in [1.82, 2.24) is 4.90 Å². The number of benzene rings is 2. The largest absolute Gasteiger partial charge is 0.342 e. The molecule has 0 bridgehead atoms. The van der Waals surface area contributed by atoms with Gasteiger partial charge in [-0.2, -0.15) is 0 Å². The lowest BCUT2D eigenvalue weighted by molar-refractivity contribution is -0.128. The zero-order chi connectivity index (χ0) is 21.7. The van der Waals surface area contributed by atoms with Gasteiger partial charge in [-0.3, -0.25) is 14.4 Å². The predicted octanol–water partition coefficient (Wildman–Crippen LogP) is 4.49. The van der Waals surface area contributed by atoms with Crippen LogP contribution in [-0.2, 0) is 9.59 Å². The Hall–Kier alpha value is -2.86. The molecular weight excluding hydrogens is 402 g/mol. The third-order valence-corrected chi connectivity index (χ3v) is 5.71. The maximum atomic E-state index is 12.5. The first-order chi connectivity index (χ1) is 14.4. The number of rotatable bonds is 7. The Morgan fingerprint density at radius 3 is 2.57 bits per heavy atom. The van der Waals surface area contributed by atoms with Crippen molar-refractivity contribution in [2.24, 2.45) is 5.92 Å². The van der Waals surface area contributed by atoms with E-state index in [0.29, 0.717) is 35.1 Å². The Labute approximate surface area is 181 Å². The monoisotopic (exact) mass is 427 g/mol. The number of nitrogens with zero attached hydrogens (tertiary/aromatic N) is 1. The molecule has 1 fully saturated rings. The first kappa shape index (κ1) is 21.8. The summed E-state index contributed by atoms with van der Waals surface area (Å²) in [5.74, 6) is -0.740. The lowest BCUT2D eigenvalue weighted by atomic mass is 10.1. The van der Waals surface area contributed by atoms with Gasteiger partial charge in [0.25, 0.3) is 5.91 Å². The van der Waals surface area contributed by atoms with E-state index >= 15 is 0 Å². The first-order valence-corrected chi connectivity index (χ1v) is 10.5. The summed E-state index contributed by atoms with van der Waals surface area (Å²) >= 11 is 6.09. The minimum absolute atomic E-state index is 0.0342. The lowest BCUT2D eigenvalue weighted by Gasteiger charge is -2.16. The summed E-state index contributed by atoms with van der Waals surface area (Å²) in [5.41, 5.74) is 2.52. The summed E-state index contributed by atoms with van der Waals surface area (Å²) in [5, 5.41) is 6.28. The van der Waals surface area contributed by atoms with Crippen molar-refractivity contribution in [3.63, 3.8) is 0 Å². The predicted molar refractivity (Wildman–Crippen MR) is 119 cm³/mol. The summed E-state index contributed by atoms with van der Waals surface area (Å²) in [6.07, 6.45) is 2.20. The van der Waals surface area contributed by atoms with Gasteiger partial charge in [-0.05, 0) is 55.3 Å². The van der Waals surface area contributed by atoms with Crippen LogP contribution in [0.5, 0.6) is 0 Å². The van der Waals surface area contributed by atoms with Gasteiger partial charge < -0.3 is 15.5 Å². The molecule has 1 aliphatic heterocycles. The number of unbranched alkanes of at least 4 members (excludes halogenated alkanes) is 1. The molecule has 1 aliphatic rings. The summed E-state index contributed by atoms with van der Waals surface area (Å²) in [6.45, 7) is 5.08. The molecule has 0 spiro atoms. The number of carbonyl (C=O) groups is 3. The molecule has 2 aromatic carbocycles. The van der Waals surface area contributed by atoms with E-state index in [2.05, 4.69) is 17.6 Å². The molecule has 0 unspecified atom stereocenters. The van der Waals surface area contributed by atoms with Crippen LogP contribution in [0.4, 0.5) is 11.4 Å². The molecule has 3 rings (SSSR count). The maximum absolute atomic E-state index is 12.5. The van der Waals surface area contributed by atoms with Gasteiger partial charge in [-0.25, -0.2) is 0 Å². The second kappa shape index (κ2) is 9.76. The molecule has 1 saturated heterocycles. The van der Waals surface area contributed by atoms with Crippen molar-refractivity contribution in [3.05, 3.63) is 58.6 Å². The summed E-state index contributed by atoms with van der Waals surface area (Å²) in [6, 6.07) is 12.0. The van der Waals surface area contributed by atoms with Gasteiger partial charge >= 0.3 is 0 Å². The molecule has 0 radical (unpaired) electrons. The van der Waals surface area contributed by atoms with Gasteiger partial charge in [-0.1, -0.05) is 31.0 Å². The van der Waals surface area contributed by atoms with Crippen LogP contribution in [-0.4, -0.2) is 35.7 Å². The lowest BCUT2D eigenvalue weighted by Crippen LogP contribution is -2.29. The SMILES string of the molecule is CCCCN1C[C@H](C(=O)Nc2ccc(C(=O)Nc3cccc(Cl)c3C)cc2)CC1=O. The number of likely N-dealkylation sites (tertiary alicyclic amines) is 1. The van der Waals surface area contributed by atoms with Gasteiger partial charge in [0.05, 0.1) is 5.92 Å². The molecule has 2 N–H and O–H groups in total. The fourth-order valence-electron chi connectivity index (χ4n) is 3.40. The average molecular weight is 428 g/mol. The third kappa shape index (κ3) is 5.19. The van der Waals surface area contributed by atoms with E-state index in [1.165, 1.54) is 0 Å². The van der Waals surface area contributed by atoms with Crippen LogP contribution in [0.3, 0.4) is 0 Å². The van der Waals surface area contributed by atoms with Crippen molar-refractivity contribution >= 4 is 40.7 Å². The van der Waals surface area contributed by atoms with Crippen molar-refractivity contribution in [2.45, 2.75) is 33.1 Å². The van der Waals surface area contributed by atoms with E-state index in [4.69, 9.17) is 11.6 Å². The van der Waals surface area contributed by atoms with Crippen LogP contribution >= 0.6 is 11.6 Å². The third-order valence-electron chi connectivity index (χ3n) is 5.30. The second-order valence-corrected chi connectivity index (χ2v) is 7.93. The van der Waals surface area contributed by atoms with Crippen LogP contribution in [0.1, 0.15) is 42.1 Å². The minimum atomic E-state index is -0.344. The average Bonchev–Trinajstić information content (AvgIpc) is 3.11. The number of anilines is 2. The smallest absolute Gasteiger partial charge is 0.255 e. The van der Waals surface area contributed by atoms with Crippen LogP contribution in [0, 0.1) is 12.8 Å². The van der Waals surface area contributed by atoms with Crippen molar-refractivity contribution < 1.29 is 14.4 Å². The Morgan fingerprint density at radius 1 is 1.13 bits per heavy atom. The standard InChI is InChI=1S/C23H26ClN3O3/c1-3-4-12-27-14-17(13-21(27)28)23(30)25-18-10-8-16(9-11-18)22(29)26-20-7-5-6-19(24)15(20)2/h5-11,17H,3-4,12-14H2,1-2H3,(H,25,30)(H,26,29)/t17-/m1/s1. The number of amides is 3. The highest BCUT2D eigenvalue weighted by Crippen LogP contribution is 2.24. The van der Waals surface area contributed by atoms with Crippen LogP contribution in [0.2, 0.25) is 5.02 Å². The number of hydrogen-bond donors (Lipinski definition) is 2. The van der Waals surface area contributed by atoms with E-state index in [9.17, 15) is 14.4 Å². The maximum Gasteiger partial charge on any atom is 0.255 e. The molecule has 1 heterocycles. The molecule has 1 atom stereocenters. The van der Waals surface area contributed by atoms with E-state index in [0.717, 1.165) is 18.4 Å². The number of hydrogen-bond acceptors (Lipinski definition) is 3. The van der Waals surface area contributed by atoms with Crippen molar-refractivity contribution in [1.29, 1.82) is 0 Å². The number of halogens is 1. The van der Waals surface area contributed by atoms with Gasteiger partial charge in [0.1, 0.15) is 0 Å². The highest BCUT2D eigenvalue weighted by molar-refractivity contribution is 6.31. The molecule has 3 amide bonds. The quantitative estimate of drug-likeness (QED) is 0.683. The fourth-order valence-corrected chi connectivity index (χ4v) is 3.57. The summed E-state index contributed by atoms with van der Waals surface area (Å²) in [7, 11) is 0. The number of carbonyl (C=O) groups excluding carboxylic acids is 3. The topological polar surface area (TPSA) is 78.5 Å². The van der Waals surface area contributed by atoms with Crippen molar-refractivity contribution in [2.75, 3.05) is 23.7 Å². The Balaban J connectivity index is 1.58. The van der Waals surface area contributed by atoms with Gasteiger partial charge in [0, 0.05) is 41.5 Å². The Kier molecular flexibility index (Phi) is 7.11. The molecule has 6 nitrogen and oxygen atoms in total. The second-order valence-electron chi connectivity index (χ2n) is 7.53. The zero-order valence-corrected chi connectivity index (χ0v) is 18.0. The van der Waals surface area contributed by atoms with Crippen LogP contribution < -0.4 is 10.6 Å². The molecule has 30 heavy (non-hydrogen) atoms. The molecular formula is C23H26ClN3O3. The molecule has 2 aromatic rings. The van der Waals surface area contributed by atoms with Gasteiger partial charge in [0.15, 0.2) is 0 Å². The van der Waals surface area contributed by atoms with E-state index in [1.54, 1.807) is 47.4 Å². The molecule has 158 valence electrons. The first-order valence-electron chi connectivity index (χ1n) is 10.1. The minimum Gasteiger partial charge on any atom is -0.342 e. The number of nitrogens with one attached hydrogen (secondary N) is 2. The fraction of sp³-hybridized carbons (Fsp3) is 0.348. The summed E-state index contributed by atoms with van der Waals surface area (Å²) in [4.78, 5) is 38.8. The highest BCUT2D eigenvalue weighted by Gasteiger charge is 2.33. The summed E-state index contributed by atoms with van der Waals surface area (Å²) < 4.78 is 0. The van der Waals surface area contributed by atoms with E-state index in [-0.39, 0.29) is 30.1 Å². The molecule has 0 aromatic heterocycles. The highest BCUT2D eigenvalue weighted by atomic mass is 35.5. The Morgan fingerprint density at radius 2 is 1.87 bits per heavy atom. The Bertz CT molecular complexity index is 943. The molecule has 7 heteroatoms. The van der Waals surface area contributed by atoms with E-state index < -0.39 is 0 Å². The normalized spacial score (nSPS) is 15.9. The van der Waals surface area contributed by atoms with Gasteiger partial charge in [0.2, 0.25) is 11.8 Å². The van der Waals surface area contributed by atoms with Crippen molar-refractivity contribution in [3.8, 4) is 0 Å². The van der Waals surface area contributed by atoms with Gasteiger partial charge in [-0.15, -0.1) is 0 Å². The van der Waals surface area contributed by atoms with Crippen LogP contribution in [0.25, 0.3) is 0 Å². The molecule has 0 saturated carbocycles. The molecule has 0 aliphatic carbocycles. The van der Waals surface area contributed by atoms with E-state index in [1.807, 2.05) is 6.92 Å². The zero-order valence-electron chi connectivity index (χ0n) is 17.2. The van der Waals surface area contributed by atoms with Crippen LogP contribution in [0.15, 0.2) is 42.5 Å².